The summed E-state index contributed by atoms with van der Waals surface area (Å²) < 4.78 is 47.0. The van der Waals surface area contributed by atoms with Crippen LogP contribution in [0.4, 0.5) is 0 Å². The van der Waals surface area contributed by atoms with Gasteiger partial charge in [0, 0.05) is 25.2 Å². The van der Waals surface area contributed by atoms with E-state index in [-0.39, 0.29) is 28.9 Å². The van der Waals surface area contributed by atoms with Crippen molar-refractivity contribution in [2.75, 3.05) is 40.8 Å². The second-order valence-electron chi connectivity index (χ2n) is 11.4. The summed E-state index contributed by atoms with van der Waals surface area (Å²) in [5, 5.41) is 25.1. The Bertz CT molecular complexity index is 1540. The van der Waals surface area contributed by atoms with Crippen molar-refractivity contribution in [2.24, 2.45) is 5.92 Å². The summed E-state index contributed by atoms with van der Waals surface area (Å²) in [6.45, 7) is 0.326. The standard InChI is InChI=1S/C34H38O11S/c1-38-21-12-10-20(11-13-21)34-27(19-8-6-5-7-9-19)26(30(36)40-3)29(35)33(34,37)28-24(39-2)16-23(17-25(28)45-34)44-32-31(41-4)42-18-22(43-32)14-15-46/h5-13,16-17,22,26-27,29,31-32,35,37,46H,14-15,18H2,1-4H3/t22-,26-,27+,29-,31+,32-,33-,34+/m0/s1. The summed E-state index contributed by atoms with van der Waals surface area (Å²) in [4.78, 5) is 13.5. The first kappa shape index (κ1) is 32.4. The molecule has 1 saturated carbocycles. The van der Waals surface area contributed by atoms with Crippen molar-refractivity contribution in [3.05, 3.63) is 83.4 Å². The molecule has 3 aromatic carbocycles. The van der Waals surface area contributed by atoms with Gasteiger partial charge in [0.25, 0.3) is 6.29 Å². The number of thiol groups is 1. The summed E-state index contributed by atoms with van der Waals surface area (Å²) in [5.74, 6) is -1.02. The second kappa shape index (κ2) is 12.9. The highest BCUT2D eigenvalue weighted by Crippen LogP contribution is 2.70. The number of aliphatic hydroxyl groups is 2. The molecule has 0 aromatic heterocycles. The highest BCUT2D eigenvalue weighted by atomic mass is 32.1. The number of carbonyl (C=O) groups excluding carboxylic acids is 1. The Morgan fingerprint density at radius 1 is 0.978 bits per heavy atom. The molecule has 0 bridgehead atoms. The van der Waals surface area contributed by atoms with E-state index in [0.717, 1.165) is 0 Å². The molecule has 0 amide bonds. The van der Waals surface area contributed by atoms with E-state index >= 15 is 0 Å². The van der Waals surface area contributed by atoms with Gasteiger partial charge in [0.2, 0.25) is 6.29 Å². The molecular weight excluding hydrogens is 616 g/mol. The first-order chi connectivity index (χ1) is 22.3. The Morgan fingerprint density at radius 2 is 1.72 bits per heavy atom. The molecule has 12 heteroatoms. The average molecular weight is 655 g/mol. The number of esters is 1. The van der Waals surface area contributed by atoms with Crippen molar-refractivity contribution in [1.29, 1.82) is 0 Å². The van der Waals surface area contributed by atoms with Crippen molar-refractivity contribution < 1.29 is 52.9 Å². The molecule has 0 spiro atoms. The summed E-state index contributed by atoms with van der Waals surface area (Å²) in [6.07, 6.45) is -3.03. The molecular formula is C34H38O11S. The van der Waals surface area contributed by atoms with E-state index in [1.807, 2.05) is 30.3 Å². The van der Waals surface area contributed by atoms with Crippen molar-refractivity contribution >= 4 is 18.6 Å². The number of hydrogen-bond acceptors (Lipinski definition) is 12. The van der Waals surface area contributed by atoms with Gasteiger partial charge in [0.05, 0.1) is 45.5 Å². The Kier molecular flexibility index (Phi) is 9.12. The van der Waals surface area contributed by atoms with Crippen LogP contribution in [0, 0.1) is 5.92 Å². The molecule has 2 aliphatic heterocycles. The maximum atomic E-state index is 13.5. The molecule has 2 N–H and O–H groups in total. The van der Waals surface area contributed by atoms with Gasteiger partial charge in [0.1, 0.15) is 29.1 Å². The largest absolute Gasteiger partial charge is 0.497 e. The van der Waals surface area contributed by atoms with Crippen LogP contribution in [0.5, 0.6) is 23.0 Å². The van der Waals surface area contributed by atoms with Crippen LogP contribution in [0.25, 0.3) is 0 Å². The van der Waals surface area contributed by atoms with Crippen molar-refractivity contribution in [2.45, 2.75) is 48.3 Å². The number of carbonyl (C=O) groups is 1. The minimum absolute atomic E-state index is 0.162. The van der Waals surface area contributed by atoms with Crippen molar-refractivity contribution in [1.82, 2.24) is 0 Å². The maximum absolute atomic E-state index is 13.5. The van der Waals surface area contributed by atoms with E-state index in [1.165, 1.54) is 21.3 Å². The molecule has 1 aliphatic carbocycles. The topological polar surface area (TPSA) is 131 Å². The van der Waals surface area contributed by atoms with E-state index in [4.69, 9.17) is 37.9 Å². The van der Waals surface area contributed by atoms with Gasteiger partial charge in [-0.3, -0.25) is 4.79 Å². The fourth-order valence-electron chi connectivity index (χ4n) is 7.12. The zero-order valence-electron chi connectivity index (χ0n) is 26.0. The minimum Gasteiger partial charge on any atom is -0.497 e. The molecule has 46 heavy (non-hydrogen) atoms. The number of ether oxygens (including phenoxy) is 8. The number of hydrogen-bond donors (Lipinski definition) is 3. The molecule has 0 radical (unpaired) electrons. The van der Waals surface area contributed by atoms with Gasteiger partial charge in [-0.15, -0.1) is 0 Å². The third kappa shape index (κ3) is 4.99. The molecule has 246 valence electrons. The summed E-state index contributed by atoms with van der Waals surface area (Å²) >= 11 is 4.31. The van der Waals surface area contributed by atoms with Gasteiger partial charge < -0.3 is 48.1 Å². The highest BCUT2D eigenvalue weighted by molar-refractivity contribution is 7.80. The molecule has 3 aliphatic rings. The first-order valence-electron chi connectivity index (χ1n) is 14.9. The van der Waals surface area contributed by atoms with Crippen molar-refractivity contribution in [3.8, 4) is 23.0 Å². The van der Waals surface area contributed by atoms with E-state index in [1.54, 1.807) is 43.5 Å². The van der Waals surface area contributed by atoms with Crippen LogP contribution in [-0.4, -0.2) is 81.8 Å². The predicted molar refractivity (Wildman–Crippen MR) is 167 cm³/mol. The summed E-state index contributed by atoms with van der Waals surface area (Å²) in [5.41, 5.74) is -2.62. The lowest BCUT2D eigenvalue weighted by molar-refractivity contribution is -0.312. The van der Waals surface area contributed by atoms with E-state index in [2.05, 4.69) is 12.6 Å². The highest BCUT2D eigenvalue weighted by Gasteiger charge is 2.78. The molecule has 8 atom stereocenters. The van der Waals surface area contributed by atoms with Gasteiger partial charge in [0.15, 0.2) is 11.2 Å². The third-order valence-corrected chi connectivity index (χ3v) is 9.38. The number of methoxy groups -OCH3 is 4. The minimum atomic E-state index is -2.20. The van der Waals surface area contributed by atoms with Crippen LogP contribution in [0.15, 0.2) is 66.7 Å². The van der Waals surface area contributed by atoms with Crippen LogP contribution in [0.2, 0.25) is 0 Å². The second-order valence-corrected chi connectivity index (χ2v) is 11.9. The molecule has 2 heterocycles. The Labute approximate surface area is 272 Å². The lowest BCUT2D eigenvalue weighted by Crippen LogP contribution is -2.52. The van der Waals surface area contributed by atoms with E-state index < -0.39 is 47.7 Å². The fraction of sp³-hybridized carbons (Fsp3) is 0.441. The molecule has 1 saturated heterocycles. The SMILES string of the molecule is COC(=O)[C@H]1[C@@H](c2ccccc2)[C@@]2(c3ccc(OC)cc3)Oc3cc(O[C@@H]4O[C@@H](CCS)CO[C@H]4OC)cc(OC)c3[C@]2(O)[C@H]1O. The fourth-order valence-corrected chi connectivity index (χ4v) is 7.41. The quantitative estimate of drug-likeness (QED) is 0.219. The van der Waals surface area contributed by atoms with E-state index in [9.17, 15) is 15.0 Å². The van der Waals surface area contributed by atoms with Gasteiger partial charge in [-0.1, -0.05) is 42.5 Å². The zero-order valence-corrected chi connectivity index (χ0v) is 26.8. The Morgan fingerprint density at radius 3 is 2.35 bits per heavy atom. The van der Waals surface area contributed by atoms with Gasteiger partial charge in [-0.25, -0.2) is 0 Å². The van der Waals surface area contributed by atoms with Gasteiger partial charge >= 0.3 is 5.97 Å². The predicted octanol–water partition coefficient (Wildman–Crippen LogP) is 3.54. The number of fused-ring (bicyclic) bond motifs is 3. The molecule has 3 aromatic rings. The maximum Gasteiger partial charge on any atom is 0.312 e. The summed E-state index contributed by atoms with van der Waals surface area (Å²) in [6, 6.07) is 19.3. The lowest BCUT2D eigenvalue weighted by atomic mass is 9.70. The monoisotopic (exact) mass is 654 g/mol. The van der Waals surface area contributed by atoms with Crippen molar-refractivity contribution in [3.63, 3.8) is 0 Å². The summed E-state index contributed by atoms with van der Waals surface area (Å²) in [7, 11) is 5.73. The van der Waals surface area contributed by atoms with Gasteiger partial charge in [-0.05, 0) is 35.4 Å². The number of aliphatic hydroxyl groups excluding tert-OH is 1. The molecule has 2 fully saturated rings. The Balaban J connectivity index is 1.53. The van der Waals surface area contributed by atoms with Crippen LogP contribution in [-0.2, 0) is 34.9 Å². The van der Waals surface area contributed by atoms with Crippen LogP contribution in [0.3, 0.4) is 0 Å². The normalized spacial score (nSPS) is 31.4. The van der Waals surface area contributed by atoms with Crippen LogP contribution >= 0.6 is 12.6 Å². The van der Waals surface area contributed by atoms with Crippen LogP contribution < -0.4 is 18.9 Å². The number of rotatable bonds is 10. The molecule has 0 unspecified atom stereocenters. The Hall–Kier alpha value is -3.52. The first-order valence-corrected chi connectivity index (χ1v) is 15.6. The van der Waals surface area contributed by atoms with Crippen LogP contribution in [0.1, 0.15) is 29.0 Å². The zero-order chi connectivity index (χ0) is 32.6. The average Bonchev–Trinajstić information content (AvgIpc) is 3.46. The molecule has 11 nitrogen and oxygen atoms in total. The molecule has 6 rings (SSSR count). The smallest absolute Gasteiger partial charge is 0.312 e. The lowest BCUT2D eigenvalue weighted by Gasteiger charge is -2.40. The third-order valence-electron chi connectivity index (χ3n) is 9.12. The number of benzene rings is 3. The van der Waals surface area contributed by atoms with E-state index in [0.29, 0.717) is 35.7 Å². The van der Waals surface area contributed by atoms with Gasteiger partial charge in [-0.2, -0.15) is 12.6 Å².